The number of carbonyl (C=O) groups is 1. The van der Waals surface area contributed by atoms with Gasteiger partial charge in [0.25, 0.3) is 5.91 Å². The second kappa shape index (κ2) is 10.8. The van der Waals surface area contributed by atoms with Gasteiger partial charge in [-0.3, -0.25) is 4.79 Å². The Labute approximate surface area is 216 Å². The summed E-state index contributed by atoms with van der Waals surface area (Å²) < 4.78 is 1.83. The summed E-state index contributed by atoms with van der Waals surface area (Å²) in [6.07, 6.45) is 0.787. The van der Waals surface area contributed by atoms with Crippen LogP contribution in [0.3, 0.4) is 0 Å². The van der Waals surface area contributed by atoms with Gasteiger partial charge < -0.3 is 4.90 Å². The van der Waals surface area contributed by atoms with Gasteiger partial charge in [0.2, 0.25) is 0 Å². The lowest BCUT2D eigenvalue weighted by Gasteiger charge is -2.23. The average molecular weight is 492 g/mol. The quantitative estimate of drug-likeness (QED) is 0.232. The third-order valence-electron chi connectivity index (χ3n) is 6.30. The van der Waals surface area contributed by atoms with Crippen molar-refractivity contribution in [3.8, 4) is 16.3 Å². The lowest BCUT2D eigenvalue weighted by Crippen LogP contribution is -2.34. The highest BCUT2D eigenvalue weighted by Gasteiger charge is 2.24. The third kappa shape index (κ3) is 5.31. The van der Waals surface area contributed by atoms with Crippen molar-refractivity contribution in [2.45, 2.75) is 26.8 Å². The molecule has 1 amide bonds. The first-order chi connectivity index (χ1) is 17.6. The van der Waals surface area contributed by atoms with Gasteiger partial charge in [-0.15, -0.1) is 11.3 Å². The molecular formula is C31H29N3OS. The summed E-state index contributed by atoms with van der Waals surface area (Å²) in [6.45, 7) is 5.30. The zero-order chi connectivity index (χ0) is 24.9. The van der Waals surface area contributed by atoms with Crippen LogP contribution in [0, 0.1) is 13.8 Å². The second-order valence-electron chi connectivity index (χ2n) is 9.04. The van der Waals surface area contributed by atoms with E-state index in [1.807, 2.05) is 69.6 Å². The number of amides is 1. The number of aromatic nitrogens is 2. The van der Waals surface area contributed by atoms with Crippen LogP contribution >= 0.6 is 11.3 Å². The van der Waals surface area contributed by atoms with Crippen molar-refractivity contribution < 1.29 is 4.79 Å². The molecule has 0 radical (unpaired) electrons. The first-order valence-corrected chi connectivity index (χ1v) is 13.0. The van der Waals surface area contributed by atoms with Crippen molar-refractivity contribution in [3.05, 3.63) is 130 Å². The van der Waals surface area contributed by atoms with E-state index in [2.05, 4.69) is 56.3 Å². The molecule has 4 nitrogen and oxygen atoms in total. The zero-order valence-corrected chi connectivity index (χ0v) is 21.4. The normalized spacial score (nSPS) is 10.9. The van der Waals surface area contributed by atoms with Crippen LogP contribution in [0.1, 0.15) is 32.7 Å². The summed E-state index contributed by atoms with van der Waals surface area (Å²) in [4.78, 5) is 17.2. The molecular weight excluding hydrogens is 462 g/mol. The van der Waals surface area contributed by atoms with E-state index in [-0.39, 0.29) is 5.91 Å². The minimum absolute atomic E-state index is 0.0231. The Morgan fingerprint density at radius 1 is 0.861 bits per heavy atom. The maximum atomic E-state index is 14.2. The number of thiophene rings is 1. The Morgan fingerprint density at radius 3 is 2.25 bits per heavy atom. The number of aryl methyl sites for hydroxylation is 2. The van der Waals surface area contributed by atoms with E-state index in [0.29, 0.717) is 18.8 Å². The fourth-order valence-electron chi connectivity index (χ4n) is 4.43. The van der Waals surface area contributed by atoms with Crippen LogP contribution in [0.4, 0.5) is 0 Å². The molecule has 2 heterocycles. The summed E-state index contributed by atoms with van der Waals surface area (Å²) in [5.74, 6) is -0.0231. The highest BCUT2D eigenvalue weighted by Crippen LogP contribution is 2.28. The Kier molecular flexibility index (Phi) is 7.10. The van der Waals surface area contributed by atoms with Crippen molar-refractivity contribution in [3.63, 3.8) is 0 Å². The topological polar surface area (TPSA) is 38.1 Å². The molecule has 0 atom stereocenters. The van der Waals surface area contributed by atoms with Crippen LogP contribution in [0.5, 0.6) is 0 Å². The summed E-state index contributed by atoms with van der Waals surface area (Å²) >= 11 is 1.63. The molecule has 5 rings (SSSR count). The van der Waals surface area contributed by atoms with Crippen molar-refractivity contribution >= 4 is 17.2 Å². The van der Waals surface area contributed by atoms with Gasteiger partial charge in [0.05, 0.1) is 10.6 Å². The smallest absolute Gasteiger partial charge is 0.272 e. The van der Waals surface area contributed by atoms with Crippen LogP contribution in [-0.4, -0.2) is 27.1 Å². The van der Waals surface area contributed by atoms with Crippen molar-refractivity contribution in [2.75, 3.05) is 6.54 Å². The predicted octanol–water partition coefficient (Wildman–Crippen LogP) is 7.10. The summed E-state index contributed by atoms with van der Waals surface area (Å²) in [5, 5.41) is 6.96. The first-order valence-electron chi connectivity index (χ1n) is 12.2. The fraction of sp³-hybridized carbons (Fsp3) is 0.161. The zero-order valence-electron chi connectivity index (χ0n) is 20.6. The van der Waals surface area contributed by atoms with E-state index in [4.69, 9.17) is 5.10 Å². The number of nitrogens with zero attached hydrogens (tertiary/aromatic N) is 3. The molecule has 5 aromatic rings. The molecule has 0 fully saturated rings. The maximum absolute atomic E-state index is 14.2. The molecule has 0 aliphatic carbocycles. The Hall–Kier alpha value is -3.96. The van der Waals surface area contributed by atoms with E-state index in [1.54, 1.807) is 11.3 Å². The lowest BCUT2D eigenvalue weighted by atomic mass is 10.1. The molecule has 0 aliphatic heterocycles. The molecule has 0 aliphatic rings. The summed E-state index contributed by atoms with van der Waals surface area (Å²) in [6, 6.07) is 32.8. The van der Waals surface area contributed by atoms with Gasteiger partial charge >= 0.3 is 0 Å². The standard InChI is InChI=1S/C31H29N3OS/c1-23-15-16-28(24(2)20-23)34-29(21-27(32-34)30-14-9-19-36-30)31(35)33(22-26-12-7-4-8-13-26)18-17-25-10-5-3-6-11-25/h3-16,19-21H,17-18,22H2,1-2H3. The first kappa shape index (κ1) is 23.8. The molecule has 3 aromatic carbocycles. The molecule has 0 saturated heterocycles. The lowest BCUT2D eigenvalue weighted by molar-refractivity contribution is 0.0736. The van der Waals surface area contributed by atoms with Crippen molar-refractivity contribution in [2.24, 2.45) is 0 Å². The van der Waals surface area contributed by atoms with E-state index in [1.165, 1.54) is 11.1 Å². The molecule has 36 heavy (non-hydrogen) atoms. The van der Waals surface area contributed by atoms with Crippen LogP contribution in [-0.2, 0) is 13.0 Å². The molecule has 0 N–H and O–H groups in total. The summed E-state index contributed by atoms with van der Waals surface area (Å²) in [5.41, 5.74) is 6.91. The Morgan fingerprint density at radius 2 is 1.58 bits per heavy atom. The van der Waals surface area contributed by atoms with E-state index < -0.39 is 0 Å². The highest BCUT2D eigenvalue weighted by molar-refractivity contribution is 7.13. The van der Waals surface area contributed by atoms with Gasteiger partial charge in [-0.2, -0.15) is 5.10 Å². The molecule has 2 aromatic heterocycles. The minimum atomic E-state index is -0.0231. The number of rotatable bonds is 8. The number of benzene rings is 3. The Balaban J connectivity index is 1.55. The van der Waals surface area contributed by atoms with Crippen molar-refractivity contribution in [1.82, 2.24) is 14.7 Å². The van der Waals surface area contributed by atoms with E-state index >= 15 is 0 Å². The van der Waals surface area contributed by atoms with Crippen LogP contribution in [0.2, 0.25) is 0 Å². The second-order valence-corrected chi connectivity index (χ2v) is 9.99. The molecule has 0 saturated carbocycles. The SMILES string of the molecule is Cc1ccc(-n2nc(-c3cccs3)cc2C(=O)N(CCc2ccccc2)Cc2ccccc2)c(C)c1. The highest BCUT2D eigenvalue weighted by atomic mass is 32.1. The number of carbonyl (C=O) groups excluding carboxylic acids is 1. The summed E-state index contributed by atoms with van der Waals surface area (Å²) in [7, 11) is 0. The van der Waals surface area contributed by atoms with Gasteiger partial charge in [0, 0.05) is 13.1 Å². The number of hydrogen-bond donors (Lipinski definition) is 0. The maximum Gasteiger partial charge on any atom is 0.272 e. The fourth-order valence-corrected chi connectivity index (χ4v) is 5.11. The Bertz CT molecular complexity index is 1440. The van der Waals surface area contributed by atoms with Crippen LogP contribution in [0.15, 0.2) is 102 Å². The van der Waals surface area contributed by atoms with Crippen LogP contribution < -0.4 is 0 Å². The average Bonchev–Trinajstić information content (AvgIpc) is 3.58. The minimum Gasteiger partial charge on any atom is -0.333 e. The number of hydrogen-bond acceptors (Lipinski definition) is 3. The van der Waals surface area contributed by atoms with Gasteiger partial charge in [-0.1, -0.05) is 84.4 Å². The monoisotopic (exact) mass is 491 g/mol. The van der Waals surface area contributed by atoms with Crippen LogP contribution in [0.25, 0.3) is 16.3 Å². The van der Waals surface area contributed by atoms with Gasteiger partial charge in [0.15, 0.2) is 0 Å². The van der Waals surface area contributed by atoms with Gasteiger partial charge in [0.1, 0.15) is 11.4 Å². The molecule has 0 unspecified atom stereocenters. The molecule has 0 spiro atoms. The van der Waals surface area contributed by atoms with E-state index in [0.717, 1.165) is 33.8 Å². The molecule has 0 bridgehead atoms. The predicted molar refractivity (Wildman–Crippen MR) is 148 cm³/mol. The van der Waals surface area contributed by atoms with E-state index in [9.17, 15) is 4.79 Å². The largest absolute Gasteiger partial charge is 0.333 e. The van der Waals surface area contributed by atoms with Crippen molar-refractivity contribution in [1.29, 1.82) is 0 Å². The van der Waals surface area contributed by atoms with Gasteiger partial charge in [-0.05, 0) is 60.5 Å². The third-order valence-corrected chi connectivity index (χ3v) is 7.19. The molecule has 5 heteroatoms. The molecule has 180 valence electrons. The van der Waals surface area contributed by atoms with Gasteiger partial charge in [-0.25, -0.2) is 4.68 Å².